The smallest absolute Gasteiger partial charge is 0.0851 e. The van der Waals surface area contributed by atoms with Crippen molar-refractivity contribution in [2.24, 2.45) is 7.05 Å². The molecular weight excluding hydrogens is 462 g/mol. The van der Waals surface area contributed by atoms with Crippen LogP contribution in [0.2, 0.25) is 0 Å². The van der Waals surface area contributed by atoms with Crippen LogP contribution < -0.4 is 0 Å². The molecule has 1 aromatic carbocycles. The van der Waals surface area contributed by atoms with Gasteiger partial charge in [0.2, 0.25) is 0 Å². The summed E-state index contributed by atoms with van der Waals surface area (Å²) in [5.41, 5.74) is 6.15. The molecule has 1 aliphatic rings. The molecule has 0 aliphatic heterocycles. The first-order valence-electron chi connectivity index (χ1n) is 10.7. The quantitative estimate of drug-likeness (QED) is 0.291. The van der Waals surface area contributed by atoms with Crippen LogP contribution in [0.15, 0.2) is 33.3 Å². The highest BCUT2D eigenvalue weighted by atomic mass is 79.9. The topological polar surface area (TPSA) is 4.93 Å². The lowest BCUT2D eigenvalue weighted by Crippen LogP contribution is -2.25. The normalized spacial score (nSPS) is 14.4. The van der Waals surface area contributed by atoms with E-state index in [-0.39, 0.29) is 5.41 Å². The molecule has 2 aromatic rings. The van der Waals surface area contributed by atoms with Crippen LogP contribution in [0.4, 0.5) is 0 Å². The fourth-order valence-corrected chi connectivity index (χ4v) is 5.66. The average Bonchev–Trinajstić information content (AvgIpc) is 3.09. The molecule has 0 spiro atoms. The number of aromatic nitrogens is 1. The van der Waals surface area contributed by atoms with Crippen LogP contribution in [0, 0.1) is 0 Å². The Kier molecular flexibility index (Phi) is 7.30. The van der Waals surface area contributed by atoms with E-state index in [2.05, 4.69) is 81.6 Å². The maximum atomic E-state index is 3.80. The Hall–Kier alpha value is -0.540. The number of halogens is 2. The average molecular weight is 495 g/mol. The third kappa shape index (κ3) is 4.10. The zero-order valence-electron chi connectivity index (χ0n) is 17.1. The van der Waals surface area contributed by atoms with E-state index in [0.29, 0.717) is 0 Å². The number of benzene rings is 1. The maximum absolute atomic E-state index is 3.80. The van der Waals surface area contributed by atoms with Crippen molar-refractivity contribution < 1.29 is 0 Å². The molecule has 148 valence electrons. The number of hydrogen-bond donors (Lipinski definition) is 0. The van der Waals surface area contributed by atoms with E-state index in [9.17, 15) is 0 Å². The van der Waals surface area contributed by atoms with Crippen molar-refractivity contribution in [2.75, 3.05) is 0 Å². The van der Waals surface area contributed by atoms with Gasteiger partial charge in [-0.25, -0.2) is 0 Å². The Labute approximate surface area is 182 Å². The maximum Gasteiger partial charge on any atom is 0.0851 e. The van der Waals surface area contributed by atoms with Gasteiger partial charge in [0.05, 0.1) is 10.3 Å². The van der Waals surface area contributed by atoms with E-state index < -0.39 is 0 Å². The molecule has 27 heavy (non-hydrogen) atoms. The predicted octanol–water partition coefficient (Wildman–Crippen LogP) is 8.76. The Balaban J connectivity index is 2.04. The van der Waals surface area contributed by atoms with E-state index in [1.807, 2.05) is 0 Å². The van der Waals surface area contributed by atoms with E-state index in [1.165, 1.54) is 84.5 Å². The highest BCUT2D eigenvalue weighted by Gasteiger charge is 2.44. The zero-order chi connectivity index (χ0) is 19.4. The third-order valence-electron chi connectivity index (χ3n) is 6.36. The minimum atomic E-state index is 0.180. The fourth-order valence-electron chi connectivity index (χ4n) is 4.90. The molecule has 0 N–H and O–H groups in total. The van der Waals surface area contributed by atoms with Crippen LogP contribution in [-0.4, -0.2) is 4.57 Å². The molecule has 0 atom stereocenters. The molecular formula is C24H33Br2N. The van der Waals surface area contributed by atoms with E-state index >= 15 is 0 Å². The lowest BCUT2D eigenvalue weighted by atomic mass is 9.71. The first-order valence-corrected chi connectivity index (χ1v) is 12.3. The minimum absolute atomic E-state index is 0.180. The summed E-state index contributed by atoms with van der Waals surface area (Å²) < 4.78 is 4.74. The Morgan fingerprint density at radius 3 is 2.04 bits per heavy atom. The van der Waals surface area contributed by atoms with E-state index in [1.54, 1.807) is 11.1 Å². The van der Waals surface area contributed by atoms with Gasteiger partial charge in [-0.15, -0.1) is 0 Å². The second kappa shape index (κ2) is 9.31. The largest absolute Gasteiger partial charge is 0.338 e. The van der Waals surface area contributed by atoms with Crippen molar-refractivity contribution in [3.8, 4) is 11.3 Å². The van der Waals surface area contributed by atoms with Gasteiger partial charge in [-0.1, -0.05) is 87.2 Å². The van der Waals surface area contributed by atoms with Crippen molar-refractivity contribution in [3.63, 3.8) is 0 Å². The summed E-state index contributed by atoms with van der Waals surface area (Å²) in [6.07, 6.45) is 13.2. The number of hydrogen-bond acceptors (Lipinski definition) is 0. The highest BCUT2D eigenvalue weighted by Crippen LogP contribution is 2.56. The molecule has 0 bridgehead atoms. The van der Waals surface area contributed by atoms with Gasteiger partial charge in [0.15, 0.2) is 0 Å². The third-order valence-corrected chi connectivity index (χ3v) is 7.61. The lowest BCUT2D eigenvalue weighted by Gasteiger charge is -2.32. The molecule has 0 saturated carbocycles. The molecule has 1 nitrogen and oxygen atoms in total. The molecule has 3 heteroatoms. The second-order valence-electron chi connectivity index (χ2n) is 8.18. The molecule has 0 radical (unpaired) electrons. The predicted molar refractivity (Wildman–Crippen MR) is 125 cm³/mol. The van der Waals surface area contributed by atoms with Crippen LogP contribution >= 0.6 is 31.9 Å². The molecule has 3 rings (SSSR count). The fraction of sp³-hybridized carbons (Fsp3) is 0.583. The molecule has 0 fully saturated rings. The monoisotopic (exact) mass is 493 g/mol. The Morgan fingerprint density at radius 2 is 1.44 bits per heavy atom. The Bertz CT molecular complexity index is 763. The number of nitrogens with zero attached hydrogens (tertiary/aromatic N) is 1. The van der Waals surface area contributed by atoms with Crippen LogP contribution in [0.3, 0.4) is 0 Å². The van der Waals surface area contributed by atoms with Gasteiger partial charge in [-0.05, 0) is 58.1 Å². The number of unbranched alkanes of at least 4 members (excludes halogenated alkanes) is 6. The molecule has 0 saturated heterocycles. The van der Waals surface area contributed by atoms with E-state index in [4.69, 9.17) is 0 Å². The van der Waals surface area contributed by atoms with Crippen LogP contribution in [0.1, 0.15) is 89.2 Å². The summed E-state index contributed by atoms with van der Waals surface area (Å²) in [5.74, 6) is 0. The SMILES string of the molecule is CCCCCCC1(CCCCCC)c2cc(Br)ccc2-c2c1cc(Br)n2C. The van der Waals surface area contributed by atoms with Gasteiger partial charge in [0, 0.05) is 22.5 Å². The Morgan fingerprint density at radius 1 is 0.815 bits per heavy atom. The summed E-state index contributed by atoms with van der Waals surface area (Å²) >= 11 is 7.55. The van der Waals surface area contributed by atoms with Crippen molar-refractivity contribution in [1.82, 2.24) is 4.57 Å². The molecule has 1 aliphatic carbocycles. The zero-order valence-corrected chi connectivity index (χ0v) is 20.3. The van der Waals surface area contributed by atoms with Gasteiger partial charge in [-0.2, -0.15) is 0 Å². The minimum Gasteiger partial charge on any atom is -0.338 e. The second-order valence-corrected chi connectivity index (χ2v) is 9.91. The number of rotatable bonds is 10. The van der Waals surface area contributed by atoms with Crippen molar-refractivity contribution in [2.45, 2.75) is 83.5 Å². The van der Waals surface area contributed by atoms with Gasteiger partial charge in [-0.3, -0.25) is 0 Å². The summed E-state index contributed by atoms with van der Waals surface area (Å²) in [7, 11) is 2.19. The van der Waals surface area contributed by atoms with Crippen LogP contribution in [-0.2, 0) is 12.5 Å². The van der Waals surface area contributed by atoms with Gasteiger partial charge < -0.3 is 4.57 Å². The highest BCUT2D eigenvalue weighted by molar-refractivity contribution is 9.10. The number of fused-ring (bicyclic) bond motifs is 3. The van der Waals surface area contributed by atoms with Crippen molar-refractivity contribution >= 4 is 31.9 Å². The van der Waals surface area contributed by atoms with Crippen molar-refractivity contribution in [3.05, 3.63) is 44.5 Å². The molecule has 0 amide bonds. The standard InChI is InChI=1S/C24H33Br2N/c1-4-6-8-10-14-24(15-11-9-7-5-2)20-16-18(25)12-13-19(20)23-21(24)17-22(26)27(23)3/h12-13,16-17H,4-11,14-15H2,1-3H3. The van der Waals surface area contributed by atoms with Gasteiger partial charge in [0.1, 0.15) is 0 Å². The first kappa shape index (κ1) is 21.2. The van der Waals surface area contributed by atoms with Crippen LogP contribution in [0.5, 0.6) is 0 Å². The van der Waals surface area contributed by atoms with Crippen molar-refractivity contribution in [1.29, 1.82) is 0 Å². The molecule has 0 unspecified atom stereocenters. The van der Waals surface area contributed by atoms with Gasteiger partial charge in [0.25, 0.3) is 0 Å². The summed E-state index contributed by atoms with van der Waals surface area (Å²) in [6, 6.07) is 9.34. The summed E-state index contributed by atoms with van der Waals surface area (Å²) in [4.78, 5) is 0. The summed E-state index contributed by atoms with van der Waals surface area (Å²) in [6.45, 7) is 4.60. The van der Waals surface area contributed by atoms with E-state index in [0.717, 1.165) is 0 Å². The first-order chi connectivity index (χ1) is 13.0. The summed E-state index contributed by atoms with van der Waals surface area (Å²) in [5, 5.41) is 0. The molecule has 1 heterocycles. The lowest BCUT2D eigenvalue weighted by molar-refractivity contribution is 0.401. The van der Waals surface area contributed by atoms with Crippen LogP contribution in [0.25, 0.3) is 11.3 Å². The van der Waals surface area contributed by atoms with Gasteiger partial charge >= 0.3 is 0 Å². The molecule has 1 aromatic heterocycles.